The highest BCUT2D eigenvalue weighted by atomic mass is 19.4. The molecule has 5 rings (SSSR count). The van der Waals surface area contributed by atoms with E-state index in [1.165, 1.54) is 24.3 Å². The first-order valence-corrected chi connectivity index (χ1v) is 9.99. The molecule has 0 aromatic heterocycles. The number of benzene rings is 2. The minimum atomic E-state index is -4.65. The van der Waals surface area contributed by atoms with E-state index in [9.17, 15) is 26.7 Å². The zero-order chi connectivity index (χ0) is 22.9. The van der Waals surface area contributed by atoms with Gasteiger partial charge in [0.2, 0.25) is 11.5 Å². The molecule has 1 aliphatic carbocycles. The van der Waals surface area contributed by atoms with Crippen LogP contribution >= 0.6 is 0 Å². The molecule has 0 unspecified atom stereocenters. The Hall–Kier alpha value is -3.04. The maximum absolute atomic E-state index is 13.7. The van der Waals surface area contributed by atoms with E-state index >= 15 is 0 Å². The maximum atomic E-state index is 13.7. The van der Waals surface area contributed by atoms with E-state index in [0.717, 1.165) is 6.92 Å². The number of hydrogen-bond acceptors (Lipinski definition) is 4. The van der Waals surface area contributed by atoms with Gasteiger partial charge in [0.15, 0.2) is 11.5 Å². The number of alkyl halides is 5. The third-order valence-electron chi connectivity index (χ3n) is 6.27. The van der Waals surface area contributed by atoms with Gasteiger partial charge in [-0.2, -0.15) is 13.2 Å². The third-order valence-corrected chi connectivity index (χ3v) is 6.27. The molecule has 1 fully saturated rings. The quantitative estimate of drug-likeness (QED) is 0.662. The van der Waals surface area contributed by atoms with Crippen LogP contribution in [0.1, 0.15) is 43.4 Å². The van der Waals surface area contributed by atoms with Gasteiger partial charge in [-0.25, -0.2) is 0 Å². The van der Waals surface area contributed by atoms with Crippen molar-refractivity contribution in [2.75, 3.05) is 0 Å². The first-order valence-electron chi connectivity index (χ1n) is 9.99. The van der Waals surface area contributed by atoms with Crippen LogP contribution in [0.4, 0.5) is 22.0 Å². The van der Waals surface area contributed by atoms with Crippen LogP contribution in [0.5, 0.6) is 17.2 Å². The zero-order valence-corrected chi connectivity index (χ0v) is 16.8. The van der Waals surface area contributed by atoms with Crippen molar-refractivity contribution in [3.63, 3.8) is 0 Å². The second-order valence-corrected chi connectivity index (χ2v) is 8.51. The number of ether oxygens (including phenoxy) is 3. The smallest absolute Gasteiger partial charge is 0.478 e. The molecule has 2 aromatic rings. The minimum absolute atomic E-state index is 0.0547. The van der Waals surface area contributed by atoms with E-state index in [-0.39, 0.29) is 17.2 Å². The summed E-state index contributed by atoms with van der Waals surface area (Å²) >= 11 is 0. The van der Waals surface area contributed by atoms with E-state index in [1.807, 2.05) is 0 Å². The molecule has 5 nitrogen and oxygen atoms in total. The number of rotatable bonds is 3. The summed E-state index contributed by atoms with van der Waals surface area (Å²) in [5.41, 5.74) is -2.61. The molecule has 0 saturated heterocycles. The molecule has 2 heterocycles. The number of halogens is 5. The van der Waals surface area contributed by atoms with Crippen LogP contribution in [0.15, 0.2) is 42.5 Å². The number of amides is 1. The van der Waals surface area contributed by atoms with E-state index in [2.05, 4.69) is 14.8 Å². The highest BCUT2D eigenvalue weighted by molar-refractivity contribution is 5.92. The first kappa shape index (κ1) is 20.8. The number of carbonyl (C=O) groups excluding carboxylic acids is 1. The summed E-state index contributed by atoms with van der Waals surface area (Å²) in [6.45, 7) is 0.951. The number of hydrogen-bond donors (Lipinski definition) is 1. The van der Waals surface area contributed by atoms with Crippen molar-refractivity contribution in [3.8, 4) is 17.2 Å². The Morgan fingerprint density at radius 3 is 2.38 bits per heavy atom. The van der Waals surface area contributed by atoms with Crippen LogP contribution in [0.25, 0.3) is 0 Å². The van der Waals surface area contributed by atoms with Crippen LogP contribution in [-0.2, 0) is 10.2 Å². The number of nitrogens with one attached hydrogen (secondary N) is 1. The summed E-state index contributed by atoms with van der Waals surface area (Å²) in [6.07, 6.45) is -8.08. The van der Waals surface area contributed by atoms with Gasteiger partial charge in [0, 0.05) is 12.0 Å². The van der Waals surface area contributed by atoms with Crippen molar-refractivity contribution in [1.82, 2.24) is 5.32 Å². The molecule has 0 bridgehead atoms. The van der Waals surface area contributed by atoms with Crippen molar-refractivity contribution in [2.45, 2.75) is 55.7 Å². The lowest BCUT2D eigenvalue weighted by atomic mass is 9.86. The van der Waals surface area contributed by atoms with Crippen LogP contribution < -0.4 is 19.5 Å². The molecule has 1 saturated carbocycles. The van der Waals surface area contributed by atoms with Crippen LogP contribution in [0.3, 0.4) is 0 Å². The zero-order valence-electron chi connectivity index (χ0n) is 16.8. The molecular formula is C22H18F5NO4. The topological polar surface area (TPSA) is 56.8 Å². The molecule has 170 valence electrons. The largest absolute Gasteiger partial charge is 0.586 e. The Kier molecular flexibility index (Phi) is 4.23. The number of fused-ring (bicyclic) bond motifs is 2. The Bertz CT molecular complexity index is 1100. The minimum Gasteiger partial charge on any atom is -0.478 e. The molecular weight excluding hydrogens is 437 g/mol. The van der Waals surface area contributed by atoms with Crippen LogP contribution in [0.2, 0.25) is 0 Å². The highest BCUT2D eigenvalue weighted by Gasteiger charge is 2.58. The average Bonchev–Trinajstić information content (AvgIpc) is 3.44. The molecule has 3 aliphatic rings. The van der Waals surface area contributed by atoms with Crippen LogP contribution in [0, 0.1) is 0 Å². The van der Waals surface area contributed by atoms with Gasteiger partial charge in [-0.05, 0) is 43.5 Å². The lowest BCUT2D eigenvalue weighted by Gasteiger charge is -2.41. The van der Waals surface area contributed by atoms with Crippen molar-refractivity contribution >= 4 is 5.91 Å². The molecule has 10 heteroatoms. The molecule has 2 aliphatic heterocycles. The Morgan fingerprint density at radius 1 is 1.00 bits per heavy atom. The molecule has 1 N–H and O–H groups in total. The fourth-order valence-corrected chi connectivity index (χ4v) is 4.26. The summed E-state index contributed by atoms with van der Waals surface area (Å²) in [5, 5.41) is 2.75. The Balaban J connectivity index is 1.43. The Labute approximate surface area is 179 Å². The van der Waals surface area contributed by atoms with E-state index < -0.39 is 41.9 Å². The molecule has 32 heavy (non-hydrogen) atoms. The molecule has 1 amide bonds. The second-order valence-electron chi connectivity index (χ2n) is 8.51. The van der Waals surface area contributed by atoms with E-state index in [0.29, 0.717) is 24.0 Å². The van der Waals surface area contributed by atoms with Crippen molar-refractivity contribution < 1.29 is 41.0 Å². The van der Waals surface area contributed by atoms with Crippen LogP contribution in [-0.4, -0.2) is 24.0 Å². The average molecular weight is 455 g/mol. The molecule has 0 spiro atoms. The van der Waals surface area contributed by atoms with Gasteiger partial charge in [0.1, 0.15) is 5.75 Å². The maximum Gasteiger partial charge on any atom is 0.586 e. The summed E-state index contributed by atoms with van der Waals surface area (Å²) in [7, 11) is 0. The Morgan fingerprint density at radius 2 is 1.69 bits per heavy atom. The fourth-order valence-electron chi connectivity index (χ4n) is 4.26. The third kappa shape index (κ3) is 3.23. The predicted octanol–water partition coefficient (Wildman–Crippen LogP) is 5.00. The highest BCUT2D eigenvalue weighted by Crippen LogP contribution is 2.53. The fraction of sp³-hybridized carbons (Fsp3) is 0.409. The van der Waals surface area contributed by atoms with Crippen molar-refractivity contribution in [3.05, 3.63) is 53.6 Å². The van der Waals surface area contributed by atoms with Gasteiger partial charge in [-0.1, -0.05) is 24.3 Å². The summed E-state index contributed by atoms with van der Waals surface area (Å²) in [4.78, 5) is 13.2. The monoisotopic (exact) mass is 455 g/mol. The van der Waals surface area contributed by atoms with E-state index in [1.54, 1.807) is 18.2 Å². The molecule has 2 atom stereocenters. The summed E-state index contributed by atoms with van der Waals surface area (Å²) in [5.74, 6) is -0.754. The number of carbonyl (C=O) groups is 1. The summed E-state index contributed by atoms with van der Waals surface area (Å²) in [6, 6.07) is 9.43. The first-order chi connectivity index (χ1) is 14.9. The second kappa shape index (κ2) is 6.49. The van der Waals surface area contributed by atoms with Crippen molar-refractivity contribution in [2.24, 2.45) is 0 Å². The lowest BCUT2D eigenvalue weighted by molar-refractivity contribution is -0.286. The standard InChI is InChI=1S/C22H18F5NO4/c1-19(21(23,24)25)11-14(13-4-2-3-5-15(13)30-19)28-18(29)20(8-9-20)12-6-7-16-17(10-12)32-22(26,27)31-16/h2-7,10,14H,8-9,11H2,1H3,(H,28,29)/t14-,19+/m1/s1. The molecule has 2 aromatic carbocycles. The van der Waals surface area contributed by atoms with Gasteiger partial charge in [0.05, 0.1) is 11.5 Å². The summed E-state index contributed by atoms with van der Waals surface area (Å²) < 4.78 is 81.9. The lowest BCUT2D eigenvalue weighted by Crippen LogP contribution is -2.53. The van der Waals surface area contributed by atoms with Gasteiger partial charge in [-0.15, -0.1) is 8.78 Å². The van der Waals surface area contributed by atoms with Gasteiger partial charge in [-0.3, -0.25) is 4.79 Å². The van der Waals surface area contributed by atoms with Gasteiger partial charge >= 0.3 is 12.5 Å². The normalized spacial score (nSPS) is 26.6. The van der Waals surface area contributed by atoms with Gasteiger partial charge in [0.25, 0.3) is 0 Å². The van der Waals surface area contributed by atoms with Gasteiger partial charge < -0.3 is 19.5 Å². The van der Waals surface area contributed by atoms with E-state index in [4.69, 9.17) is 4.74 Å². The predicted molar refractivity (Wildman–Crippen MR) is 101 cm³/mol. The number of para-hydroxylation sites is 1. The SMILES string of the molecule is C[C@@]1(C(F)(F)F)C[C@@H](NC(=O)C2(c3ccc4c(c3)OC(F)(F)O4)CC2)c2ccccc2O1. The van der Waals surface area contributed by atoms with Crippen molar-refractivity contribution in [1.29, 1.82) is 0 Å². The molecule has 0 radical (unpaired) electrons.